The van der Waals surface area contributed by atoms with Crippen LogP contribution in [0.2, 0.25) is 5.02 Å². The molecule has 0 atom stereocenters. The van der Waals surface area contributed by atoms with Crippen LogP contribution < -0.4 is 10.2 Å². The minimum Gasteiger partial charge on any atom is -0.496 e. The van der Waals surface area contributed by atoms with E-state index in [1.165, 1.54) is 6.21 Å². The van der Waals surface area contributed by atoms with Crippen molar-refractivity contribution in [3.8, 4) is 5.75 Å². The van der Waals surface area contributed by atoms with Crippen LogP contribution in [0, 0.1) is 6.92 Å². The number of ether oxygens (including phenoxy) is 1. The fourth-order valence-electron chi connectivity index (χ4n) is 2.42. The Morgan fingerprint density at radius 3 is 2.71 bits per heavy atom. The minimum atomic E-state index is -0.420. The lowest BCUT2D eigenvalue weighted by Gasteiger charge is -2.00. The van der Waals surface area contributed by atoms with E-state index in [-0.39, 0.29) is 5.76 Å². The first-order valence-corrected chi connectivity index (χ1v) is 7.63. The summed E-state index contributed by atoms with van der Waals surface area (Å²) in [5.74, 6) is 0.455. The third kappa shape index (κ3) is 3.12. The molecule has 2 aromatic carbocycles. The van der Waals surface area contributed by atoms with Gasteiger partial charge >= 0.3 is 5.91 Å². The highest BCUT2D eigenvalue weighted by Crippen LogP contribution is 2.32. The average Bonchev–Trinajstić information content (AvgIpc) is 2.94. The molecule has 3 rings (SSSR count). The number of rotatable bonds is 4. The molecule has 0 saturated heterocycles. The number of hydrogen-bond donors (Lipinski definition) is 1. The predicted octanol–water partition coefficient (Wildman–Crippen LogP) is 4.17. The maximum atomic E-state index is 12.3. The first-order chi connectivity index (χ1) is 11.6. The fourth-order valence-corrected chi connectivity index (χ4v) is 2.54. The van der Waals surface area contributed by atoms with Gasteiger partial charge in [-0.15, -0.1) is 0 Å². The van der Waals surface area contributed by atoms with E-state index >= 15 is 0 Å². The summed E-state index contributed by atoms with van der Waals surface area (Å²) < 4.78 is 11.0. The van der Waals surface area contributed by atoms with Crippen LogP contribution in [-0.2, 0) is 0 Å². The van der Waals surface area contributed by atoms with Crippen LogP contribution in [-0.4, -0.2) is 19.2 Å². The highest BCUT2D eigenvalue weighted by Gasteiger charge is 2.19. The van der Waals surface area contributed by atoms with Gasteiger partial charge in [-0.05, 0) is 36.8 Å². The number of hydrazone groups is 1. The average molecular weight is 343 g/mol. The molecule has 0 radical (unpaired) electrons. The maximum absolute atomic E-state index is 12.3. The topological polar surface area (TPSA) is 63.8 Å². The molecule has 0 aliphatic carbocycles. The molecule has 1 heterocycles. The van der Waals surface area contributed by atoms with Gasteiger partial charge in [0.15, 0.2) is 5.76 Å². The van der Waals surface area contributed by atoms with Gasteiger partial charge in [0, 0.05) is 10.6 Å². The van der Waals surface area contributed by atoms with E-state index in [9.17, 15) is 4.79 Å². The van der Waals surface area contributed by atoms with Crippen LogP contribution in [0.25, 0.3) is 11.0 Å². The number of benzene rings is 2. The highest BCUT2D eigenvalue weighted by molar-refractivity contribution is 6.30. The summed E-state index contributed by atoms with van der Waals surface area (Å²) in [6, 6.07) is 12.5. The standard InChI is InChI=1S/C18H15ClN2O3/c1-11-16-14(23-2)4-3-5-15(16)24-17(11)18(22)21-20-10-12-6-8-13(19)9-7-12/h3-10H,1-2H3,(H,21,22)/b20-10+. The Morgan fingerprint density at radius 1 is 1.25 bits per heavy atom. The number of carbonyl (C=O) groups is 1. The van der Waals surface area contributed by atoms with Gasteiger partial charge < -0.3 is 9.15 Å². The predicted molar refractivity (Wildman–Crippen MR) is 94.0 cm³/mol. The molecule has 122 valence electrons. The van der Waals surface area contributed by atoms with Crippen molar-refractivity contribution in [1.82, 2.24) is 5.43 Å². The molecule has 3 aromatic rings. The maximum Gasteiger partial charge on any atom is 0.307 e. The lowest BCUT2D eigenvalue weighted by Crippen LogP contribution is -2.17. The number of fused-ring (bicyclic) bond motifs is 1. The molecule has 1 N–H and O–H groups in total. The normalized spacial score (nSPS) is 11.1. The van der Waals surface area contributed by atoms with Crippen molar-refractivity contribution in [2.45, 2.75) is 6.92 Å². The molecule has 6 heteroatoms. The van der Waals surface area contributed by atoms with E-state index in [0.29, 0.717) is 21.9 Å². The SMILES string of the molecule is COc1cccc2oc(C(=O)N/N=C/c3ccc(Cl)cc3)c(C)c12. The Kier molecular flexibility index (Phi) is 4.53. The number of aryl methyl sites for hydroxylation is 1. The molecular weight excluding hydrogens is 328 g/mol. The number of nitrogens with zero attached hydrogens (tertiary/aromatic N) is 1. The van der Waals surface area contributed by atoms with E-state index in [1.807, 2.05) is 19.1 Å². The second kappa shape index (κ2) is 6.76. The first kappa shape index (κ1) is 16.1. The smallest absolute Gasteiger partial charge is 0.307 e. The molecule has 1 amide bonds. The highest BCUT2D eigenvalue weighted by atomic mass is 35.5. The zero-order valence-corrected chi connectivity index (χ0v) is 13.9. The quantitative estimate of drug-likeness (QED) is 0.571. The molecule has 0 saturated carbocycles. The molecule has 0 unspecified atom stereocenters. The van der Waals surface area contributed by atoms with Gasteiger partial charge in [0.2, 0.25) is 0 Å². The van der Waals surface area contributed by atoms with Crippen molar-refractivity contribution in [2.24, 2.45) is 5.10 Å². The van der Waals surface area contributed by atoms with Crippen molar-refractivity contribution in [2.75, 3.05) is 7.11 Å². The van der Waals surface area contributed by atoms with Gasteiger partial charge in [0.05, 0.1) is 18.7 Å². The zero-order chi connectivity index (χ0) is 17.1. The van der Waals surface area contributed by atoms with E-state index < -0.39 is 5.91 Å². The summed E-state index contributed by atoms with van der Waals surface area (Å²) in [5, 5.41) is 5.37. The lowest BCUT2D eigenvalue weighted by atomic mass is 10.1. The molecule has 0 spiro atoms. The van der Waals surface area contributed by atoms with Crippen molar-refractivity contribution < 1.29 is 13.9 Å². The van der Waals surface area contributed by atoms with Gasteiger partial charge in [0.25, 0.3) is 0 Å². The number of hydrogen-bond acceptors (Lipinski definition) is 4. The Morgan fingerprint density at radius 2 is 2.00 bits per heavy atom. The first-order valence-electron chi connectivity index (χ1n) is 7.25. The second-order valence-electron chi connectivity index (χ2n) is 5.14. The van der Waals surface area contributed by atoms with Gasteiger partial charge in [0.1, 0.15) is 11.3 Å². The molecule has 24 heavy (non-hydrogen) atoms. The monoisotopic (exact) mass is 342 g/mol. The van der Waals surface area contributed by atoms with Gasteiger partial charge in [-0.25, -0.2) is 5.43 Å². The number of amides is 1. The lowest BCUT2D eigenvalue weighted by molar-refractivity contribution is 0.0929. The molecule has 0 aliphatic heterocycles. The molecule has 5 nitrogen and oxygen atoms in total. The minimum absolute atomic E-state index is 0.211. The molecule has 0 aliphatic rings. The summed E-state index contributed by atoms with van der Waals surface area (Å²) in [5.41, 5.74) is 4.59. The molecule has 0 fully saturated rings. The van der Waals surface area contributed by atoms with Gasteiger partial charge in [-0.3, -0.25) is 4.79 Å². The Hall–Kier alpha value is -2.79. The summed E-state index contributed by atoms with van der Waals surface area (Å²) in [6.07, 6.45) is 1.53. The molecule has 0 bridgehead atoms. The largest absolute Gasteiger partial charge is 0.496 e. The summed E-state index contributed by atoms with van der Waals surface area (Å²) in [7, 11) is 1.58. The zero-order valence-electron chi connectivity index (χ0n) is 13.2. The van der Waals surface area contributed by atoms with Crippen molar-refractivity contribution in [1.29, 1.82) is 0 Å². The van der Waals surface area contributed by atoms with Crippen LogP contribution in [0.4, 0.5) is 0 Å². The van der Waals surface area contributed by atoms with Crippen LogP contribution in [0.5, 0.6) is 5.75 Å². The Labute approximate surface area is 143 Å². The van der Waals surface area contributed by atoms with Crippen molar-refractivity contribution in [3.05, 3.63) is 64.4 Å². The van der Waals surface area contributed by atoms with E-state index in [1.54, 1.807) is 37.4 Å². The Bertz CT molecular complexity index is 914. The molecule has 1 aromatic heterocycles. The second-order valence-corrected chi connectivity index (χ2v) is 5.58. The number of nitrogens with one attached hydrogen (secondary N) is 1. The summed E-state index contributed by atoms with van der Waals surface area (Å²) in [6.45, 7) is 1.81. The number of halogens is 1. The summed E-state index contributed by atoms with van der Waals surface area (Å²) in [4.78, 5) is 12.3. The van der Waals surface area contributed by atoms with Crippen LogP contribution in [0.1, 0.15) is 21.7 Å². The van der Waals surface area contributed by atoms with Gasteiger partial charge in [-0.2, -0.15) is 5.10 Å². The van der Waals surface area contributed by atoms with Crippen LogP contribution in [0.15, 0.2) is 52.0 Å². The number of methoxy groups -OCH3 is 1. The third-order valence-electron chi connectivity index (χ3n) is 3.59. The van der Waals surface area contributed by atoms with Gasteiger partial charge in [-0.1, -0.05) is 29.8 Å². The van der Waals surface area contributed by atoms with Crippen molar-refractivity contribution >= 4 is 34.7 Å². The van der Waals surface area contributed by atoms with E-state index in [0.717, 1.165) is 10.9 Å². The molecular formula is C18H15ClN2O3. The van der Waals surface area contributed by atoms with Crippen molar-refractivity contribution in [3.63, 3.8) is 0 Å². The third-order valence-corrected chi connectivity index (χ3v) is 3.84. The van der Waals surface area contributed by atoms with Crippen LogP contribution in [0.3, 0.4) is 0 Å². The Balaban J connectivity index is 1.81. The summed E-state index contributed by atoms with van der Waals surface area (Å²) >= 11 is 5.82. The number of furan rings is 1. The van der Waals surface area contributed by atoms with E-state index in [4.69, 9.17) is 20.8 Å². The fraction of sp³-hybridized carbons (Fsp3) is 0.111. The van der Waals surface area contributed by atoms with E-state index in [2.05, 4.69) is 10.5 Å². The number of carbonyl (C=O) groups excluding carboxylic acids is 1. The van der Waals surface area contributed by atoms with Crippen LogP contribution >= 0.6 is 11.6 Å².